The largest absolute Gasteiger partial charge is 2.00 e. The smallest absolute Gasteiger partial charge is 0.557 e. The van der Waals surface area contributed by atoms with Gasteiger partial charge in [0.1, 0.15) is 0 Å². The second kappa shape index (κ2) is 41.9. The summed E-state index contributed by atoms with van der Waals surface area (Å²) in [4.78, 5) is 0. The molecule has 0 bridgehead atoms. The maximum absolute atomic E-state index is 4.00. The predicted molar refractivity (Wildman–Crippen MR) is 42.2 cm³/mol. The van der Waals surface area contributed by atoms with Gasteiger partial charge in [-0.15, -0.1) is 0 Å². The van der Waals surface area contributed by atoms with Gasteiger partial charge in [-0.3, -0.25) is 6.58 Å². The molecule has 0 aliphatic heterocycles. The van der Waals surface area contributed by atoms with Crippen molar-refractivity contribution < 1.29 is 58.5 Å². The topological polar surface area (TPSA) is 9.23 Å². The molecule has 3 heteroatoms. The summed E-state index contributed by atoms with van der Waals surface area (Å²) in [5.74, 6) is 0. The van der Waals surface area contributed by atoms with Crippen molar-refractivity contribution in [2.45, 2.75) is 12.8 Å². The van der Waals surface area contributed by atoms with Crippen molar-refractivity contribution in [3.63, 3.8) is 0 Å². The van der Waals surface area contributed by atoms with Gasteiger partial charge in [0.25, 0.3) is 0 Å². The third-order valence-corrected chi connectivity index (χ3v) is 0.354. The van der Waals surface area contributed by atoms with Crippen LogP contribution in [0, 0.1) is 27.5 Å². The Kier molecular flexibility index (Phi) is 112. The Hall–Kier alpha value is 1.49. The zero-order valence-corrected chi connectivity index (χ0v) is 13.2. The molecule has 0 atom stereocenters. The Morgan fingerprint density at radius 2 is 1.82 bits per heavy atom. The maximum atomic E-state index is 4.00. The molecule has 0 aliphatic carbocycles. The van der Waals surface area contributed by atoms with Gasteiger partial charge in [-0.1, -0.05) is 0 Å². The Morgan fingerprint density at radius 3 is 1.82 bits per heavy atom. The molecule has 0 saturated heterocycles. The van der Waals surface area contributed by atoms with Gasteiger partial charge < -0.3 is 25.2 Å². The van der Waals surface area contributed by atoms with Crippen molar-refractivity contribution in [3.8, 4) is 0 Å². The summed E-state index contributed by atoms with van der Waals surface area (Å²) >= 11 is 0. The molecule has 1 nitrogen and oxygen atoms in total. The maximum Gasteiger partial charge on any atom is 2.00 e. The molecule has 0 aromatic heterocycles. The van der Waals surface area contributed by atoms with Gasteiger partial charge in [0.05, 0.1) is 0 Å². The summed E-state index contributed by atoms with van der Waals surface area (Å²) in [6, 6.07) is 0. The van der Waals surface area contributed by atoms with Crippen LogP contribution in [0.25, 0.3) is 0 Å². The van der Waals surface area contributed by atoms with Crippen LogP contribution >= 0.6 is 0 Å². The molecule has 0 aromatic carbocycles. The van der Waals surface area contributed by atoms with Crippen LogP contribution in [0.4, 0.5) is 0 Å². The van der Waals surface area contributed by atoms with Crippen LogP contribution < -0.4 is 0 Å². The van der Waals surface area contributed by atoms with Crippen LogP contribution in [-0.2, 0) is 58.5 Å². The van der Waals surface area contributed by atoms with Gasteiger partial charge in [0.15, 0.2) is 0 Å². The fourth-order valence-corrected chi connectivity index (χ4v) is 0.125. The summed E-state index contributed by atoms with van der Waals surface area (Å²) in [6.07, 6.45) is 4.54. The van der Waals surface area contributed by atoms with Gasteiger partial charge >= 0.3 is 21.1 Å². The second-order valence-corrected chi connectivity index (χ2v) is 1.14. The average Bonchev–Trinajstić information content (AvgIpc) is 1.71. The van der Waals surface area contributed by atoms with Crippen molar-refractivity contribution in [3.05, 3.63) is 34.1 Å². The van der Waals surface area contributed by atoms with Gasteiger partial charge in [0.2, 0.25) is 0 Å². The minimum atomic E-state index is 0. The van der Waals surface area contributed by atoms with Crippen molar-refractivity contribution in [1.29, 1.82) is 0 Å². The fraction of sp³-hybridized carbons (Fsp3) is 0.375. The minimum absolute atomic E-state index is 0. The Bertz CT molecular complexity index is 43.1. The third-order valence-electron chi connectivity index (χ3n) is 0.354. The van der Waals surface area contributed by atoms with E-state index in [4.69, 9.17) is 0 Å². The average molecular weight is 401 g/mol. The van der Waals surface area contributed by atoms with E-state index in [2.05, 4.69) is 31.4 Å². The number of rotatable bonds is 2. The molecule has 1 radical (unpaired) electrons. The predicted octanol–water partition coefficient (Wildman–Crippen LogP) is 2.46. The number of unbranched alkanes of at least 4 members (excludes halogenated alkanes) is 1. The van der Waals surface area contributed by atoms with Crippen molar-refractivity contribution in [2.75, 3.05) is 7.11 Å². The van der Waals surface area contributed by atoms with Crippen LogP contribution in [0.3, 0.4) is 0 Å². The summed E-state index contributed by atoms with van der Waals surface area (Å²) in [5.41, 5.74) is 0. The Balaban J connectivity index is -0.0000000183. The number of methoxy groups -OCH3 is 1. The van der Waals surface area contributed by atoms with Gasteiger partial charge in [-0.2, -0.15) is 0 Å². The molecule has 0 heterocycles. The number of allylic oxidation sites excluding steroid dienone is 1. The van der Waals surface area contributed by atoms with E-state index in [0.717, 1.165) is 12.8 Å². The zero-order valence-electron chi connectivity index (χ0n) is 7.43. The monoisotopic (exact) mass is 401 g/mol. The zero-order chi connectivity index (χ0) is 6.83. The van der Waals surface area contributed by atoms with E-state index in [-0.39, 0.29) is 61.2 Å². The van der Waals surface area contributed by atoms with E-state index >= 15 is 0 Å². The van der Waals surface area contributed by atoms with Crippen LogP contribution in [0.1, 0.15) is 12.8 Å². The second-order valence-electron chi connectivity index (χ2n) is 1.14. The molecule has 0 fully saturated rings. The summed E-state index contributed by atoms with van der Waals surface area (Å²) in [5, 5.41) is 0. The normalized spacial score (nSPS) is 5.00. The minimum Gasteiger partial charge on any atom is -0.557 e. The van der Waals surface area contributed by atoms with Crippen LogP contribution in [0.15, 0.2) is 6.58 Å². The molecular weight excluding hydrogens is 385 g/mol. The molecule has 65 valence electrons. The molecule has 0 unspecified atom stereocenters. The number of hydrogen-bond donors (Lipinski definition) is 0. The summed E-state index contributed by atoms with van der Waals surface area (Å²) < 4.78 is 4.00. The molecule has 0 rings (SSSR count). The first-order chi connectivity index (χ1) is 3.83. The first-order valence-corrected chi connectivity index (χ1v) is 2.40. The van der Waals surface area contributed by atoms with E-state index in [1.165, 1.54) is 7.11 Å². The van der Waals surface area contributed by atoms with Gasteiger partial charge in [-0.05, 0) is 7.11 Å². The Morgan fingerprint density at radius 1 is 1.55 bits per heavy atom. The third kappa shape index (κ3) is 84.9. The molecule has 11 heavy (non-hydrogen) atoms. The van der Waals surface area contributed by atoms with Crippen molar-refractivity contribution >= 4 is 0 Å². The first-order valence-electron chi connectivity index (χ1n) is 2.40. The van der Waals surface area contributed by atoms with E-state index in [9.17, 15) is 0 Å². The van der Waals surface area contributed by atoms with E-state index in [0.29, 0.717) is 0 Å². The number of hydrogen-bond acceptors (Lipinski definition) is 1. The first kappa shape index (κ1) is 29.4. The standard InChI is InChI=1S/C5H8.C2H5O.CH3.W.Y/c1-3-5-4-2;1-3-2;;;/h1-3,5H2;1H2,2H3;1H3;;/q-2;2*-1;+2;. The van der Waals surface area contributed by atoms with Crippen molar-refractivity contribution in [2.24, 2.45) is 0 Å². The van der Waals surface area contributed by atoms with Crippen LogP contribution in [0.5, 0.6) is 0 Å². The summed E-state index contributed by atoms with van der Waals surface area (Å²) in [7, 11) is 4.50. The molecule has 0 aliphatic rings. The van der Waals surface area contributed by atoms with E-state index < -0.39 is 0 Å². The molecule has 0 amide bonds. The SMILES string of the molecule is C=[C-]CC[CH2-].[CH2-]OC.[CH3-].[W+2].[Y]. The molecule has 0 spiro atoms. The van der Waals surface area contributed by atoms with Crippen molar-refractivity contribution in [1.82, 2.24) is 0 Å². The van der Waals surface area contributed by atoms with Gasteiger partial charge in [0, 0.05) is 32.7 Å². The number of ether oxygens (including phenoxy) is 1. The quantitative estimate of drug-likeness (QED) is 0.647. The van der Waals surface area contributed by atoms with Crippen LogP contribution in [0.2, 0.25) is 0 Å². The molecule has 0 aromatic rings. The molecular formula is C8H16OWY-2. The molecule has 0 saturated carbocycles. The fourth-order valence-electron chi connectivity index (χ4n) is 0.125. The summed E-state index contributed by atoms with van der Waals surface area (Å²) in [6.45, 7) is 6.96. The molecule has 0 N–H and O–H groups in total. The van der Waals surface area contributed by atoms with Gasteiger partial charge in [-0.25, -0.2) is 20.0 Å². The Labute approximate surface area is 112 Å². The van der Waals surface area contributed by atoms with E-state index in [1.54, 1.807) is 0 Å². The van der Waals surface area contributed by atoms with Crippen LogP contribution in [-0.4, -0.2) is 7.11 Å². The van der Waals surface area contributed by atoms with E-state index in [1.807, 2.05) is 0 Å².